The Bertz CT molecular complexity index is 703. The SMILES string of the molecule is Cc1ccc(S(=O)(=O)Nc2snc3c2CCC3)cc1. The van der Waals surface area contributed by atoms with Gasteiger partial charge in [0.05, 0.1) is 10.6 Å². The molecule has 6 heteroatoms. The zero-order valence-electron chi connectivity index (χ0n) is 10.5. The molecule has 1 aliphatic rings. The van der Waals surface area contributed by atoms with Gasteiger partial charge in [-0.1, -0.05) is 17.7 Å². The van der Waals surface area contributed by atoms with Crippen molar-refractivity contribution in [3.05, 3.63) is 41.1 Å². The molecule has 0 atom stereocenters. The highest BCUT2D eigenvalue weighted by molar-refractivity contribution is 7.93. The quantitative estimate of drug-likeness (QED) is 0.947. The summed E-state index contributed by atoms with van der Waals surface area (Å²) in [4.78, 5) is 0.290. The highest BCUT2D eigenvalue weighted by atomic mass is 32.2. The number of aromatic nitrogens is 1. The molecule has 1 heterocycles. The van der Waals surface area contributed by atoms with Crippen molar-refractivity contribution in [3.63, 3.8) is 0 Å². The predicted octanol–water partition coefficient (Wildman–Crippen LogP) is 2.74. The molecule has 0 radical (unpaired) electrons. The van der Waals surface area contributed by atoms with Gasteiger partial charge < -0.3 is 0 Å². The molecule has 1 aromatic heterocycles. The second-order valence-corrected chi connectivity index (χ2v) is 7.16. The number of sulfonamides is 1. The number of rotatable bonds is 3. The van der Waals surface area contributed by atoms with Gasteiger partial charge in [0, 0.05) is 5.56 Å². The number of fused-ring (bicyclic) bond motifs is 1. The maximum absolute atomic E-state index is 12.3. The van der Waals surface area contributed by atoms with Crippen molar-refractivity contribution in [2.45, 2.75) is 31.1 Å². The number of anilines is 1. The van der Waals surface area contributed by atoms with Crippen LogP contribution in [0.25, 0.3) is 0 Å². The van der Waals surface area contributed by atoms with Crippen LogP contribution in [0.1, 0.15) is 23.2 Å². The summed E-state index contributed by atoms with van der Waals surface area (Å²) in [6.07, 6.45) is 2.93. The van der Waals surface area contributed by atoms with Crippen molar-refractivity contribution in [1.82, 2.24) is 4.37 Å². The number of benzene rings is 1. The molecule has 0 saturated carbocycles. The van der Waals surface area contributed by atoms with Crippen LogP contribution in [0, 0.1) is 6.92 Å². The summed E-state index contributed by atoms with van der Waals surface area (Å²) in [5, 5.41) is 0.674. The van der Waals surface area contributed by atoms with Gasteiger partial charge in [-0.2, -0.15) is 4.37 Å². The third-order valence-electron chi connectivity index (χ3n) is 3.27. The molecule has 1 aliphatic carbocycles. The van der Waals surface area contributed by atoms with E-state index in [1.54, 1.807) is 24.3 Å². The molecule has 0 unspecified atom stereocenters. The molecule has 0 spiro atoms. The van der Waals surface area contributed by atoms with Crippen molar-refractivity contribution >= 4 is 26.6 Å². The summed E-state index contributed by atoms with van der Waals surface area (Å²) < 4.78 is 31.5. The summed E-state index contributed by atoms with van der Waals surface area (Å²) in [7, 11) is -3.50. The van der Waals surface area contributed by atoms with Crippen LogP contribution in [0.15, 0.2) is 29.2 Å². The van der Waals surface area contributed by atoms with Gasteiger partial charge in [0.25, 0.3) is 10.0 Å². The first-order valence-electron chi connectivity index (χ1n) is 6.13. The maximum Gasteiger partial charge on any atom is 0.262 e. The highest BCUT2D eigenvalue weighted by Gasteiger charge is 2.23. The topological polar surface area (TPSA) is 59.1 Å². The number of aryl methyl sites for hydroxylation is 2. The van der Waals surface area contributed by atoms with Crippen molar-refractivity contribution in [1.29, 1.82) is 0 Å². The summed E-state index contributed by atoms with van der Waals surface area (Å²) in [6.45, 7) is 1.93. The van der Waals surface area contributed by atoms with Crippen molar-refractivity contribution in [2.75, 3.05) is 4.72 Å². The lowest BCUT2D eigenvalue weighted by molar-refractivity contribution is 0.601. The van der Waals surface area contributed by atoms with Crippen LogP contribution >= 0.6 is 11.5 Å². The second kappa shape index (κ2) is 4.61. The Kier molecular flexibility index (Phi) is 3.06. The third kappa shape index (κ3) is 2.37. The van der Waals surface area contributed by atoms with E-state index >= 15 is 0 Å². The Morgan fingerprint density at radius 2 is 1.95 bits per heavy atom. The molecule has 0 aliphatic heterocycles. The van der Waals surface area contributed by atoms with E-state index in [1.807, 2.05) is 6.92 Å². The number of hydrogen-bond acceptors (Lipinski definition) is 4. The van der Waals surface area contributed by atoms with E-state index in [2.05, 4.69) is 9.10 Å². The first-order chi connectivity index (χ1) is 9.06. The third-order valence-corrected chi connectivity index (χ3v) is 5.61. The van der Waals surface area contributed by atoms with Gasteiger partial charge >= 0.3 is 0 Å². The lowest BCUT2D eigenvalue weighted by Crippen LogP contribution is -2.12. The Morgan fingerprint density at radius 3 is 2.68 bits per heavy atom. The molecule has 0 amide bonds. The predicted molar refractivity (Wildman–Crippen MR) is 76.1 cm³/mol. The van der Waals surface area contributed by atoms with Gasteiger partial charge in [0.1, 0.15) is 5.00 Å². The lowest BCUT2D eigenvalue weighted by Gasteiger charge is -2.07. The average Bonchev–Trinajstić information content (AvgIpc) is 2.95. The minimum absolute atomic E-state index is 0.290. The zero-order valence-corrected chi connectivity index (χ0v) is 12.1. The normalized spacial score (nSPS) is 14.4. The summed E-state index contributed by atoms with van der Waals surface area (Å²) in [5.41, 5.74) is 3.16. The monoisotopic (exact) mass is 294 g/mol. The molecule has 3 rings (SSSR count). The van der Waals surface area contributed by atoms with E-state index in [1.165, 1.54) is 11.5 Å². The highest BCUT2D eigenvalue weighted by Crippen LogP contribution is 2.33. The van der Waals surface area contributed by atoms with Gasteiger partial charge in [0.2, 0.25) is 0 Å². The molecule has 2 aromatic rings. The van der Waals surface area contributed by atoms with Crippen LogP contribution in [0.4, 0.5) is 5.00 Å². The number of nitrogens with one attached hydrogen (secondary N) is 1. The van der Waals surface area contributed by atoms with Crippen LogP contribution in [0.5, 0.6) is 0 Å². The first kappa shape index (κ1) is 12.6. The molecule has 19 heavy (non-hydrogen) atoms. The summed E-state index contributed by atoms with van der Waals surface area (Å²) in [5.74, 6) is 0. The molecule has 0 saturated heterocycles. The molecule has 1 aromatic carbocycles. The number of nitrogens with zero attached hydrogens (tertiary/aromatic N) is 1. The van der Waals surface area contributed by atoms with Crippen molar-refractivity contribution in [2.24, 2.45) is 0 Å². The van der Waals surface area contributed by atoms with Crippen molar-refractivity contribution in [3.8, 4) is 0 Å². The van der Waals surface area contributed by atoms with E-state index in [0.29, 0.717) is 9.90 Å². The Hall–Kier alpha value is -1.40. The van der Waals surface area contributed by atoms with E-state index in [0.717, 1.165) is 36.1 Å². The fraction of sp³-hybridized carbons (Fsp3) is 0.308. The van der Waals surface area contributed by atoms with Crippen LogP contribution in [0.3, 0.4) is 0 Å². The zero-order chi connectivity index (χ0) is 13.5. The van der Waals surface area contributed by atoms with Gasteiger partial charge in [-0.15, -0.1) is 0 Å². The smallest absolute Gasteiger partial charge is 0.262 e. The van der Waals surface area contributed by atoms with E-state index in [-0.39, 0.29) is 0 Å². The first-order valence-corrected chi connectivity index (χ1v) is 8.39. The van der Waals surface area contributed by atoms with E-state index < -0.39 is 10.0 Å². The Balaban J connectivity index is 1.91. The molecule has 4 nitrogen and oxygen atoms in total. The minimum Gasteiger partial charge on any atom is -0.269 e. The molecule has 0 bridgehead atoms. The van der Waals surface area contributed by atoms with Gasteiger partial charge in [-0.25, -0.2) is 8.42 Å². The van der Waals surface area contributed by atoms with Gasteiger partial charge in [-0.3, -0.25) is 4.72 Å². The molecular formula is C13H14N2O2S2. The second-order valence-electron chi connectivity index (χ2n) is 4.71. The van der Waals surface area contributed by atoms with Crippen molar-refractivity contribution < 1.29 is 8.42 Å². The Labute approximate surface area is 116 Å². The average molecular weight is 294 g/mol. The van der Waals surface area contributed by atoms with Crippen LogP contribution in [-0.2, 0) is 22.9 Å². The van der Waals surface area contributed by atoms with E-state index in [9.17, 15) is 8.42 Å². The number of hydrogen-bond donors (Lipinski definition) is 1. The van der Waals surface area contributed by atoms with Crippen LogP contribution in [-0.4, -0.2) is 12.8 Å². The lowest BCUT2D eigenvalue weighted by atomic mass is 10.2. The molecule has 0 fully saturated rings. The summed E-state index contributed by atoms with van der Waals surface area (Å²) >= 11 is 1.24. The van der Waals surface area contributed by atoms with E-state index in [4.69, 9.17) is 0 Å². The van der Waals surface area contributed by atoms with Crippen LogP contribution in [0.2, 0.25) is 0 Å². The minimum atomic E-state index is -3.50. The fourth-order valence-corrected chi connectivity index (χ4v) is 4.40. The van der Waals surface area contributed by atoms with Gasteiger partial charge in [0.15, 0.2) is 0 Å². The standard InChI is InChI=1S/C13H14N2O2S2/c1-9-5-7-10(8-6-9)19(16,17)15-13-11-3-2-4-12(11)14-18-13/h5-8,15H,2-4H2,1H3. The molecule has 1 N–H and O–H groups in total. The molecule has 100 valence electrons. The maximum atomic E-state index is 12.3. The largest absolute Gasteiger partial charge is 0.269 e. The Morgan fingerprint density at radius 1 is 1.21 bits per heavy atom. The van der Waals surface area contributed by atoms with Gasteiger partial charge in [-0.05, 0) is 49.9 Å². The summed E-state index contributed by atoms with van der Waals surface area (Å²) in [6, 6.07) is 6.84. The fourth-order valence-electron chi connectivity index (χ4n) is 2.21. The van der Waals surface area contributed by atoms with Crippen LogP contribution < -0.4 is 4.72 Å². The molecular weight excluding hydrogens is 280 g/mol.